The third-order valence-corrected chi connectivity index (χ3v) is 7.11. The molecule has 1 aliphatic rings. The number of amides is 1. The van der Waals surface area contributed by atoms with E-state index in [1.807, 2.05) is 19.1 Å². The lowest BCUT2D eigenvalue weighted by Crippen LogP contribution is -2.49. The van der Waals surface area contributed by atoms with Crippen molar-refractivity contribution in [2.24, 2.45) is 0 Å². The first-order valence-corrected chi connectivity index (χ1v) is 12.0. The Kier molecular flexibility index (Phi) is 10.2. The number of hydrogen-bond acceptors (Lipinski definition) is 5. The third kappa shape index (κ3) is 7.41. The van der Waals surface area contributed by atoms with Gasteiger partial charge in [-0.1, -0.05) is 46.0 Å². The largest absolute Gasteiger partial charge is 0.450 e. The first-order chi connectivity index (χ1) is 14.0. The number of aliphatic hydroxyl groups excluding tert-OH is 1. The van der Waals surface area contributed by atoms with Crippen LogP contribution in [0.1, 0.15) is 105 Å². The molecular weight excluding hydrogens is 386 g/mol. The van der Waals surface area contributed by atoms with Crippen molar-refractivity contribution in [3.8, 4) is 0 Å². The van der Waals surface area contributed by atoms with Gasteiger partial charge in [0.25, 0.3) is 0 Å². The highest BCUT2D eigenvalue weighted by atomic mass is 32.1. The van der Waals surface area contributed by atoms with Crippen molar-refractivity contribution in [1.82, 2.24) is 5.32 Å². The summed E-state index contributed by atoms with van der Waals surface area (Å²) in [6, 6.07) is 3.99. The molecule has 0 saturated heterocycles. The number of ether oxygens (including phenoxy) is 1. The maximum atomic E-state index is 12.5. The third-order valence-electron chi connectivity index (χ3n) is 5.82. The molecule has 1 fully saturated rings. The minimum atomic E-state index is -0.624. The second-order valence-corrected chi connectivity index (χ2v) is 9.40. The van der Waals surface area contributed by atoms with Gasteiger partial charge in [-0.25, -0.2) is 4.79 Å². The van der Waals surface area contributed by atoms with Gasteiger partial charge < -0.3 is 15.2 Å². The fourth-order valence-corrected chi connectivity index (χ4v) is 5.07. The first kappa shape index (κ1) is 23.9. The molecule has 1 heterocycles. The molecule has 1 aromatic rings. The van der Waals surface area contributed by atoms with Crippen LogP contribution in [0.25, 0.3) is 0 Å². The van der Waals surface area contributed by atoms with Crippen LogP contribution in [0.15, 0.2) is 12.1 Å². The lowest BCUT2D eigenvalue weighted by Gasteiger charge is -2.28. The highest BCUT2D eigenvalue weighted by Crippen LogP contribution is 2.43. The SMILES string of the molecule is CCCCCCCC(=O)c1ccc([C@H]2CC[C@@](CO)(NC(=O)OCCCC)C2)s1. The Morgan fingerprint density at radius 2 is 1.93 bits per heavy atom. The van der Waals surface area contributed by atoms with E-state index in [2.05, 4.69) is 12.2 Å². The average Bonchev–Trinajstić information content (AvgIpc) is 3.36. The van der Waals surface area contributed by atoms with Crippen LogP contribution in [0.5, 0.6) is 0 Å². The molecule has 1 aliphatic carbocycles. The fourth-order valence-electron chi connectivity index (χ4n) is 3.96. The van der Waals surface area contributed by atoms with Crippen molar-refractivity contribution in [3.05, 3.63) is 21.9 Å². The molecule has 2 rings (SSSR count). The van der Waals surface area contributed by atoms with Gasteiger partial charge in [0, 0.05) is 11.3 Å². The summed E-state index contributed by atoms with van der Waals surface area (Å²) >= 11 is 1.58. The molecule has 0 aromatic carbocycles. The molecule has 2 atom stereocenters. The van der Waals surface area contributed by atoms with E-state index < -0.39 is 11.6 Å². The summed E-state index contributed by atoms with van der Waals surface area (Å²) in [6.45, 7) is 4.55. The lowest BCUT2D eigenvalue weighted by atomic mass is 9.96. The van der Waals surface area contributed by atoms with Gasteiger partial charge >= 0.3 is 6.09 Å². The second-order valence-electron chi connectivity index (χ2n) is 8.28. The van der Waals surface area contributed by atoms with Crippen LogP contribution < -0.4 is 5.32 Å². The van der Waals surface area contributed by atoms with E-state index in [1.165, 1.54) is 24.1 Å². The zero-order valence-electron chi connectivity index (χ0n) is 18.0. The minimum Gasteiger partial charge on any atom is -0.450 e. The summed E-state index contributed by atoms with van der Waals surface area (Å²) in [5, 5.41) is 12.8. The van der Waals surface area contributed by atoms with Crippen molar-refractivity contribution in [2.75, 3.05) is 13.2 Å². The van der Waals surface area contributed by atoms with E-state index >= 15 is 0 Å². The number of ketones is 1. The standard InChI is InChI=1S/C23H37NO4S/c1-3-5-7-8-9-10-19(26)21-12-11-20(29-21)18-13-14-23(16-18,17-25)24-22(27)28-15-6-4-2/h11-12,18,25H,3-10,13-17H2,1-2H3,(H,24,27)/t18-,23+/m0/s1. The maximum absolute atomic E-state index is 12.5. The van der Waals surface area contributed by atoms with E-state index in [-0.39, 0.29) is 18.3 Å². The quantitative estimate of drug-likeness (QED) is 0.310. The zero-order valence-corrected chi connectivity index (χ0v) is 18.8. The summed E-state index contributed by atoms with van der Waals surface area (Å²) in [6.07, 6.45) is 10.0. The normalized spacial score (nSPS) is 21.3. The summed E-state index contributed by atoms with van der Waals surface area (Å²) < 4.78 is 5.21. The van der Waals surface area contributed by atoms with Crippen molar-refractivity contribution in [3.63, 3.8) is 0 Å². The lowest BCUT2D eigenvalue weighted by molar-refractivity contribution is 0.0982. The summed E-state index contributed by atoms with van der Waals surface area (Å²) in [5.41, 5.74) is -0.624. The molecule has 0 radical (unpaired) electrons. The van der Waals surface area contributed by atoms with Crippen LogP contribution in [0.2, 0.25) is 0 Å². The van der Waals surface area contributed by atoms with Crippen LogP contribution in [0.3, 0.4) is 0 Å². The molecule has 1 saturated carbocycles. The summed E-state index contributed by atoms with van der Waals surface area (Å²) in [7, 11) is 0. The number of rotatable bonds is 13. The Hall–Kier alpha value is -1.40. The topological polar surface area (TPSA) is 75.6 Å². The number of aliphatic hydroxyl groups is 1. The highest BCUT2D eigenvalue weighted by molar-refractivity contribution is 7.14. The van der Waals surface area contributed by atoms with E-state index in [0.29, 0.717) is 19.4 Å². The molecule has 1 amide bonds. The Morgan fingerprint density at radius 1 is 1.17 bits per heavy atom. The highest BCUT2D eigenvalue weighted by Gasteiger charge is 2.41. The number of carbonyl (C=O) groups is 2. The van der Waals surface area contributed by atoms with Crippen molar-refractivity contribution >= 4 is 23.2 Å². The van der Waals surface area contributed by atoms with Gasteiger partial charge in [-0.15, -0.1) is 11.3 Å². The number of hydrogen-bond donors (Lipinski definition) is 2. The molecule has 164 valence electrons. The molecule has 5 nitrogen and oxygen atoms in total. The molecule has 0 unspecified atom stereocenters. The number of unbranched alkanes of at least 4 members (excludes halogenated alkanes) is 5. The molecule has 1 aromatic heterocycles. The Bertz CT molecular complexity index is 645. The van der Waals surface area contributed by atoms with Gasteiger partial charge in [-0.2, -0.15) is 0 Å². The van der Waals surface area contributed by atoms with Gasteiger partial charge in [0.1, 0.15) is 0 Å². The second kappa shape index (κ2) is 12.3. The molecule has 0 bridgehead atoms. The smallest absolute Gasteiger partial charge is 0.407 e. The number of thiophene rings is 1. The van der Waals surface area contributed by atoms with E-state index in [9.17, 15) is 14.7 Å². The fraction of sp³-hybridized carbons (Fsp3) is 0.739. The van der Waals surface area contributed by atoms with Crippen molar-refractivity contribution in [1.29, 1.82) is 0 Å². The number of Topliss-reactive ketones (excluding diaryl/α,β-unsaturated/α-hetero) is 1. The molecule has 0 spiro atoms. The van der Waals surface area contributed by atoms with Gasteiger partial charge in [-0.05, 0) is 50.2 Å². The maximum Gasteiger partial charge on any atom is 0.407 e. The van der Waals surface area contributed by atoms with Gasteiger partial charge in [0.05, 0.1) is 23.6 Å². The molecule has 29 heavy (non-hydrogen) atoms. The molecule has 0 aliphatic heterocycles. The van der Waals surface area contributed by atoms with Crippen molar-refractivity contribution < 1.29 is 19.4 Å². The van der Waals surface area contributed by atoms with Crippen molar-refractivity contribution in [2.45, 2.75) is 95.9 Å². The summed E-state index contributed by atoms with van der Waals surface area (Å²) in [5.74, 6) is 0.496. The number of carbonyl (C=O) groups excluding carboxylic acids is 2. The predicted octanol–water partition coefficient (Wildman–Crippen LogP) is 5.82. The average molecular weight is 424 g/mol. The van der Waals surface area contributed by atoms with E-state index in [4.69, 9.17) is 4.74 Å². The molecule has 2 N–H and O–H groups in total. The van der Waals surface area contributed by atoms with E-state index in [0.717, 1.165) is 43.4 Å². The van der Waals surface area contributed by atoms with Gasteiger partial charge in [0.15, 0.2) is 5.78 Å². The van der Waals surface area contributed by atoms with Gasteiger partial charge in [0.2, 0.25) is 0 Å². The first-order valence-electron chi connectivity index (χ1n) is 11.2. The van der Waals surface area contributed by atoms with Crippen LogP contribution in [-0.2, 0) is 4.74 Å². The van der Waals surface area contributed by atoms with Crippen LogP contribution in [-0.4, -0.2) is 35.7 Å². The van der Waals surface area contributed by atoms with E-state index in [1.54, 1.807) is 11.3 Å². The minimum absolute atomic E-state index is 0.0959. The number of nitrogens with one attached hydrogen (secondary N) is 1. The zero-order chi connectivity index (χ0) is 21.1. The Labute approximate surface area is 179 Å². The molecule has 6 heteroatoms. The van der Waals surface area contributed by atoms with Gasteiger partial charge in [-0.3, -0.25) is 4.79 Å². The Balaban J connectivity index is 1.85. The number of alkyl carbamates (subject to hydrolysis) is 1. The van der Waals surface area contributed by atoms with Crippen LogP contribution in [0.4, 0.5) is 4.79 Å². The van der Waals surface area contributed by atoms with Crippen LogP contribution in [0, 0.1) is 0 Å². The summed E-state index contributed by atoms with van der Waals surface area (Å²) in [4.78, 5) is 26.5. The Morgan fingerprint density at radius 3 is 2.66 bits per heavy atom. The predicted molar refractivity (Wildman–Crippen MR) is 118 cm³/mol. The monoisotopic (exact) mass is 423 g/mol. The van der Waals surface area contributed by atoms with Crippen LogP contribution >= 0.6 is 11.3 Å². The molecular formula is C23H37NO4S.